The highest BCUT2D eigenvalue weighted by molar-refractivity contribution is 9.10. The number of nitrogens with one attached hydrogen (secondary N) is 1. The molecule has 1 aliphatic rings. The van der Waals surface area contributed by atoms with Gasteiger partial charge in [0.2, 0.25) is 0 Å². The zero-order valence-electron chi connectivity index (χ0n) is 14.6. The van der Waals surface area contributed by atoms with Gasteiger partial charge in [0.1, 0.15) is 0 Å². The fourth-order valence-corrected chi connectivity index (χ4v) is 3.72. The Morgan fingerprint density at radius 1 is 1.08 bits per heavy atom. The molecule has 0 heterocycles. The molecule has 0 aliphatic heterocycles. The Bertz CT molecular complexity index is 790. The highest BCUT2D eigenvalue weighted by Gasteiger charge is 2.26. The first-order valence-corrected chi connectivity index (χ1v) is 9.82. The Hall–Kier alpha value is -2.32. The number of amides is 2. The van der Waals surface area contributed by atoms with E-state index in [1.807, 2.05) is 41.3 Å². The summed E-state index contributed by atoms with van der Waals surface area (Å²) in [5.74, 6) is 0. The van der Waals surface area contributed by atoms with E-state index in [1.54, 1.807) is 12.1 Å². The van der Waals surface area contributed by atoms with Gasteiger partial charge in [-0.25, -0.2) is 4.79 Å². The average molecular weight is 412 g/mol. The van der Waals surface area contributed by atoms with Crippen molar-refractivity contribution < 1.29 is 4.79 Å². The molecule has 0 bridgehead atoms. The minimum Gasteiger partial charge on any atom is -0.308 e. The molecule has 0 spiro atoms. The molecular weight excluding hydrogens is 390 g/mol. The van der Waals surface area contributed by atoms with Gasteiger partial charge in [0, 0.05) is 21.9 Å². The number of halogens is 1. The van der Waals surface area contributed by atoms with Crippen LogP contribution in [0.2, 0.25) is 0 Å². The third-order valence-electron chi connectivity index (χ3n) is 4.76. The van der Waals surface area contributed by atoms with E-state index < -0.39 is 0 Å². The van der Waals surface area contributed by atoms with Crippen LogP contribution in [-0.2, 0) is 0 Å². The molecule has 0 atom stereocenters. The predicted molar refractivity (Wildman–Crippen MR) is 108 cm³/mol. The van der Waals surface area contributed by atoms with Crippen LogP contribution in [0.5, 0.6) is 0 Å². The number of nitriles is 1. The van der Waals surface area contributed by atoms with Gasteiger partial charge in [-0.2, -0.15) is 5.26 Å². The SMILES string of the molecule is N#Cc1cccc(N(C(=O)Nc2ccc(Br)cc2)C2CCCCCC2)c1. The number of urea groups is 1. The summed E-state index contributed by atoms with van der Waals surface area (Å²) < 4.78 is 0.970. The minimum absolute atomic E-state index is 0.144. The lowest BCUT2D eigenvalue weighted by Gasteiger charge is -2.31. The van der Waals surface area contributed by atoms with E-state index in [9.17, 15) is 10.1 Å². The van der Waals surface area contributed by atoms with Crippen LogP contribution >= 0.6 is 15.9 Å². The van der Waals surface area contributed by atoms with Crippen molar-refractivity contribution in [2.24, 2.45) is 0 Å². The average Bonchev–Trinajstić information content (AvgIpc) is 2.93. The molecule has 1 aliphatic carbocycles. The normalized spacial score (nSPS) is 14.9. The Morgan fingerprint density at radius 2 is 1.77 bits per heavy atom. The number of rotatable bonds is 3. The van der Waals surface area contributed by atoms with Crippen LogP contribution in [0.3, 0.4) is 0 Å². The van der Waals surface area contributed by atoms with E-state index in [4.69, 9.17) is 0 Å². The van der Waals surface area contributed by atoms with Crippen molar-refractivity contribution in [3.63, 3.8) is 0 Å². The third-order valence-corrected chi connectivity index (χ3v) is 5.29. The van der Waals surface area contributed by atoms with Gasteiger partial charge in [-0.3, -0.25) is 4.90 Å². The molecule has 3 rings (SSSR count). The molecule has 2 aromatic carbocycles. The quantitative estimate of drug-likeness (QED) is 0.621. The van der Waals surface area contributed by atoms with Crippen molar-refractivity contribution in [1.82, 2.24) is 0 Å². The molecule has 1 N–H and O–H groups in total. The molecule has 5 heteroatoms. The van der Waals surface area contributed by atoms with E-state index in [1.165, 1.54) is 12.8 Å². The molecule has 26 heavy (non-hydrogen) atoms. The third kappa shape index (κ3) is 4.64. The van der Waals surface area contributed by atoms with E-state index in [0.29, 0.717) is 5.56 Å². The first-order chi connectivity index (χ1) is 12.7. The number of nitrogens with zero attached hydrogens (tertiary/aromatic N) is 2. The molecule has 2 amide bonds. The maximum Gasteiger partial charge on any atom is 0.326 e. The summed E-state index contributed by atoms with van der Waals surface area (Å²) in [6.07, 6.45) is 6.68. The summed E-state index contributed by atoms with van der Waals surface area (Å²) in [4.78, 5) is 15.0. The van der Waals surface area contributed by atoms with Crippen LogP contribution in [0.4, 0.5) is 16.2 Å². The fourth-order valence-electron chi connectivity index (χ4n) is 3.45. The Labute approximate surface area is 162 Å². The van der Waals surface area contributed by atoms with Gasteiger partial charge in [-0.05, 0) is 55.3 Å². The van der Waals surface area contributed by atoms with Crippen LogP contribution in [0.25, 0.3) is 0 Å². The molecule has 0 radical (unpaired) electrons. The predicted octanol–water partition coefficient (Wildman–Crippen LogP) is 6.08. The number of carbonyl (C=O) groups excluding carboxylic acids is 1. The zero-order valence-corrected chi connectivity index (χ0v) is 16.2. The lowest BCUT2D eigenvalue weighted by atomic mass is 10.1. The van der Waals surface area contributed by atoms with E-state index in [0.717, 1.165) is 41.5 Å². The number of benzene rings is 2. The van der Waals surface area contributed by atoms with Crippen molar-refractivity contribution in [3.05, 3.63) is 58.6 Å². The monoisotopic (exact) mass is 411 g/mol. The van der Waals surface area contributed by atoms with Crippen LogP contribution in [-0.4, -0.2) is 12.1 Å². The molecule has 0 aromatic heterocycles. The molecule has 1 fully saturated rings. The van der Waals surface area contributed by atoms with Crippen molar-refractivity contribution in [2.45, 2.75) is 44.6 Å². The first kappa shape index (κ1) is 18.5. The van der Waals surface area contributed by atoms with Crippen molar-refractivity contribution in [1.29, 1.82) is 5.26 Å². The highest BCUT2D eigenvalue weighted by atomic mass is 79.9. The second-order valence-electron chi connectivity index (χ2n) is 6.61. The van der Waals surface area contributed by atoms with E-state index >= 15 is 0 Å². The second-order valence-corrected chi connectivity index (χ2v) is 7.53. The highest BCUT2D eigenvalue weighted by Crippen LogP contribution is 2.28. The van der Waals surface area contributed by atoms with Gasteiger partial charge in [0.15, 0.2) is 0 Å². The van der Waals surface area contributed by atoms with Gasteiger partial charge in [0.05, 0.1) is 11.6 Å². The standard InChI is InChI=1S/C21H22BrN3O/c22-17-10-12-18(13-11-17)24-21(26)25(19-7-3-1-2-4-8-19)20-9-5-6-16(14-20)15-23/h5-6,9-14,19H,1-4,7-8H2,(H,24,26). The van der Waals surface area contributed by atoms with E-state index in [2.05, 4.69) is 27.3 Å². The van der Waals surface area contributed by atoms with Gasteiger partial charge < -0.3 is 5.32 Å². The second kappa shape index (κ2) is 8.86. The maximum absolute atomic E-state index is 13.1. The summed E-state index contributed by atoms with van der Waals surface area (Å²) in [5.41, 5.74) is 2.11. The molecule has 2 aromatic rings. The summed E-state index contributed by atoms with van der Waals surface area (Å²) in [6.45, 7) is 0. The van der Waals surface area contributed by atoms with Crippen LogP contribution in [0.1, 0.15) is 44.1 Å². The first-order valence-electron chi connectivity index (χ1n) is 9.03. The number of hydrogen-bond acceptors (Lipinski definition) is 2. The van der Waals surface area contributed by atoms with E-state index in [-0.39, 0.29) is 12.1 Å². The van der Waals surface area contributed by atoms with Crippen LogP contribution < -0.4 is 10.2 Å². The molecule has 134 valence electrons. The molecule has 1 saturated carbocycles. The van der Waals surface area contributed by atoms with Gasteiger partial charge in [0.25, 0.3) is 0 Å². The number of hydrogen-bond donors (Lipinski definition) is 1. The number of carbonyl (C=O) groups is 1. The summed E-state index contributed by atoms with van der Waals surface area (Å²) in [5, 5.41) is 12.2. The van der Waals surface area contributed by atoms with Gasteiger partial charge >= 0.3 is 6.03 Å². The number of anilines is 2. The summed E-state index contributed by atoms with van der Waals surface area (Å²) >= 11 is 3.41. The molecule has 0 unspecified atom stereocenters. The summed E-state index contributed by atoms with van der Waals surface area (Å²) in [7, 11) is 0. The zero-order chi connectivity index (χ0) is 18.4. The molecule has 4 nitrogen and oxygen atoms in total. The Kier molecular flexibility index (Phi) is 6.30. The van der Waals surface area contributed by atoms with Crippen LogP contribution in [0.15, 0.2) is 53.0 Å². The Balaban J connectivity index is 1.89. The molecule has 0 saturated heterocycles. The van der Waals surface area contributed by atoms with Crippen molar-refractivity contribution in [2.75, 3.05) is 10.2 Å². The largest absolute Gasteiger partial charge is 0.326 e. The smallest absolute Gasteiger partial charge is 0.308 e. The van der Waals surface area contributed by atoms with Crippen LogP contribution in [0, 0.1) is 11.3 Å². The lowest BCUT2D eigenvalue weighted by Crippen LogP contribution is -2.43. The fraction of sp³-hybridized carbons (Fsp3) is 0.333. The van der Waals surface area contributed by atoms with Gasteiger partial charge in [-0.1, -0.05) is 47.7 Å². The minimum atomic E-state index is -0.144. The summed E-state index contributed by atoms with van der Waals surface area (Å²) in [6, 6.07) is 17.0. The van der Waals surface area contributed by atoms with Gasteiger partial charge in [-0.15, -0.1) is 0 Å². The Morgan fingerprint density at radius 3 is 2.42 bits per heavy atom. The topological polar surface area (TPSA) is 56.1 Å². The lowest BCUT2D eigenvalue weighted by molar-refractivity contribution is 0.254. The van der Waals surface area contributed by atoms with Crippen molar-refractivity contribution >= 4 is 33.3 Å². The van der Waals surface area contributed by atoms with Crippen molar-refractivity contribution in [3.8, 4) is 6.07 Å². The maximum atomic E-state index is 13.1. The molecular formula is C21H22BrN3O.